The number of nitrogens with two attached hydrogens (primary N) is 1. The first-order valence-electron chi connectivity index (χ1n) is 5.14. The molecular weight excluding hydrogens is 208 g/mol. The van der Waals surface area contributed by atoms with E-state index in [1.165, 1.54) is 17.9 Å². The minimum absolute atomic E-state index is 0.475. The van der Waals surface area contributed by atoms with Gasteiger partial charge < -0.3 is 10.6 Å². The highest BCUT2D eigenvalue weighted by atomic mass is 32.2. The summed E-state index contributed by atoms with van der Waals surface area (Å²) in [7, 11) is 2.06. The van der Waals surface area contributed by atoms with E-state index in [2.05, 4.69) is 21.9 Å². The van der Waals surface area contributed by atoms with E-state index in [1.54, 1.807) is 6.20 Å². The molecule has 0 spiro atoms. The minimum atomic E-state index is 0.475. The maximum Gasteiger partial charge on any atom is 0.225 e. The van der Waals surface area contributed by atoms with Gasteiger partial charge in [-0.25, -0.2) is 9.97 Å². The maximum absolute atomic E-state index is 5.56. The van der Waals surface area contributed by atoms with Gasteiger partial charge >= 0.3 is 0 Å². The topological polar surface area (TPSA) is 55.0 Å². The molecule has 1 saturated heterocycles. The lowest BCUT2D eigenvalue weighted by atomic mass is 10.2. The van der Waals surface area contributed by atoms with Crippen molar-refractivity contribution in [2.24, 2.45) is 5.73 Å². The van der Waals surface area contributed by atoms with Crippen molar-refractivity contribution in [3.8, 4) is 0 Å². The SMILES string of the molecule is CN(c1nccc(CN)n1)C1CCSC1. The van der Waals surface area contributed by atoms with Crippen molar-refractivity contribution in [3.05, 3.63) is 18.0 Å². The zero-order valence-electron chi connectivity index (χ0n) is 8.89. The zero-order valence-corrected chi connectivity index (χ0v) is 9.70. The average Bonchev–Trinajstić information content (AvgIpc) is 2.81. The lowest BCUT2D eigenvalue weighted by molar-refractivity contribution is 0.678. The molecule has 82 valence electrons. The lowest BCUT2D eigenvalue weighted by Crippen LogP contribution is -2.32. The summed E-state index contributed by atoms with van der Waals surface area (Å²) < 4.78 is 0. The molecule has 2 rings (SSSR count). The van der Waals surface area contributed by atoms with Crippen molar-refractivity contribution >= 4 is 17.7 Å². The molecule has 1 aromatic rings. The van der Waals surface area contributed by atoms with Crippen LogP contribution in [0.1, 0.15) is 12.1 Å². The van der Waals surface area contributed by atoms with E-state index in [-0.39, 0.29) is 0 Å². The molecule has 0 bridgehead atoms. The third-order valence-corrected chi connectivity index (χ3v) is 3.82. The first-order chi connectivity index (χ1) is 7.31. The Bertz CT molecular complexity index is 325. The van der Waals surface area contributed by atoms with Gasteiger partial charge in [-0.3, -0.25) is 0 Å². The Balaban J connectivity index is 2.13. The number of aromatic nitrogens is 2. The van der Waals surface area contributed by atoms with E-state index < -0.39 is 0 Å². The molecule has 2 heterocycles. The molecule has 1 fully saturated rings. The highest BCUT2D eigenvalue weighted by Gasteiger charge is 2.21. The van der Waals surface area contributed by atoms with Gasteiger partial charge in [-0.1, -0.05) is 0 Å². The van der Waals surface area contributed by atoms with Gasteiger partial charge in [0.2, 0.25) is 5.95 Å². The summed E-state index contributed by atoms with van der Waals surface area (Å²) in [4.78, 5) is 10.9. The molecule has 1 atom stereocenters. The highest BCUT2D eigenvalue weighted by molar-refractivity contribution is 7.99. The van der Waals surface area contributed by atoms with Crippen molar-refractivity contribution in [2.75, 3.05) is 23.5 Å². The molecular formula is C10H16N4S. The van der Waals surface area contributed by atoms with Crippen LogP contribution in [0.5, 0.6) is 0 Å². The molecule has 0 amide bonds. The molecule has 2 N–H and O–H groups in total. The summed E-state index contributed by atoms with van der Waals surface area (Å²) in [5.41, 5.74) is 6.46. The molecule has 15 heavy (non-hydrogen) atoms. The predicted octanol–water partition coefficient (Wildman–Crippen LogP) is 0.877. The van der Waals surface area contributed by atoms with Gasteiger partial charge in [-0.2, -0.15) is 11.8 Å². The normalized spacial score (nSPS) is 20.5. The Kier molecular flexibility index (Phi) is 3.43. The molecule has 1 aliphatic rings. The van der Waals surface area contributed by atoms with Gasteiger partial charge in [0.25, 0.3) is 0 Å². The van der Waals surface area contributed by atoms with Crippen molar-refractivity contribution in [2.45, 2.75) is 19.0 Å². The van der Waals surface area contributed by atoms with E-state index in [0.29, 0.717) is 12.6 Å². The van der Waals surface area contributed by atoms with Crippen molar-refractivity contribution in [3.63, 3.8) is 0 Å². The summed E-state index contributed by atoms with van der Waals surface area (Å²) in [6.45, 7) is 0.475. The second-order valence-corrected chi connectivity index (χ2v) is 4.83. The van der Waals surface area contributed by atoms with Gasteiger partial charge in [0.15, 0.2) is 0 Å². The molecule has 1 aliphatic heterocycles. The van der Waals surface area contributed by atoms with Crippen LogP contribution < -0.4 is 10.6 Å². The maximum atomic E-state index is 5.56. The van der Waals surface area contributed by atoms with E-state index in [0.717, 1.165) is 11.6 Å². The van der Waals surface area contributed by atoms with Crippen LogP contribution in [0, 0.1) is 0 Å². The fraction of sp³-hybridized carbons (Fsp3) is 0.600. The van der Waals surface area contributed by atoms with Gasteiger partial charge in [0.1, 0.15) is 0 Å². The third kappa shape index (κ3) is 2.41. The molecule has 0 aliphatic carbocycles. The van der Waals surface area contributed by atoms with Crippen LogP contribution in [0.15, 0.2) is 12.3 Å². The van der Waals surface area contributed by atoms with Crippen LogP contribution in [-0.2, 0) is 6.54 Å². The fourth-order valence-electron chi connectivity index (χ4n) is 1.66. The summed E-state index contributed by atoms with van der Waals surface area (Å²) in [5, 5.41) is 0. The summed E-state index contributed by atoms with van der Waals surface area (Å²) in [6, 6.07) is 2.43. The Hall–Kier alpha value is -0.810. The molecule has 0 saturated carbocycles. The van der Waals surface area contributed by atoms with Crippen LogP contribution in [0.2, 0.25) is 0 Å². The quantitative estimate of drug-likeness (QED) is 0.826. The number of hydrogen-bond acceptors (Lipinski definition) is 5. The molecule has 1 unspecified atom stereocenters. The molecule has 0 radical (unpaired) electrons. The smallest absolute Gasteiger partial charge is 0.225 e. The van der Waals surface area contributed by atoms with Crippen LogP contribution in [0.25, 0.3) is 0 Å². The number of anilines is 1. The van der Waals surface area contributed by atoms with Gasteiger partial charge in [0.05, 0.1) is 5.69 Å². The number of nitrogens with zero attached hydrogens (tertiary/aromatic N) is 3. The number of hydrogen-bond donors (Lipinski definition) is 1. The van der Waals surface area contributed by atoms with Crippen LogP contribution in [0.4, 0.5) is 5.95 Å². The van der Waals surface area contributed by atoms with Crippen molar-refractivity contribution < 1.29 is 0 Å². The Morgan fingerprint density at radius 2 is 2.53 bits per heavy atom. The van der Waals surface area contributed by atoms with E-state index in [4.69, 9.17) is 5.73 Å². The van der Waals surface area contributed by atoms with Gasteiger partial charge in [-0.05, 0) is 18.2 Å². The first-order valence-corrected chi connectivity index (χ1v) is 6.29. The van der Waals surface area contributed by atoms with E-state index in [9.17, 15) is 0 Å². The second kappa shape index (κ2) is 4.81. The fourth-order valence-corrected chi connectivity index (χ4v) is 2.93. The summed E-state index contributed by atoms with van der Waals surface area (Å²) in [5.74, 6) is 3.21. The molecule has 4 nitrogen and oxygen atoms in total. The third-order valence-electron chi connectivity index (χ3n) is 2.68. The molecule has 0 aromatic carbocycles. The van der Waals surface area contributed by atoms with E-state index in [1.807, 2.05) is 17.8 Å². The van der Waals surface area contributed by atoms with Crippen LogP contribution in [-0.4, -0.2) is 34.6 Å². The summed E-state index contributed by atoms with van der Waals surface area (Å²) >= 11 is 1.99. The Morgan fingerprint density at radius 3 is 3.20 bits per heavy atom. The lowest BCUT2D eigenvalue weighted by Gasteiger charge is -2.23. The number of rotatable bonds is 3. The summed E-state index contributed by atoms with van der Waals surface area (Å²) in [6.07, 6.45) is 3.00. The predicted molar refractivity (Wildman–Crippen MR) is 64.1 cm³/mol. The molecule has 1 aromatic heterocycles. The van der Waals surface area contributed by atoms with E-state index >= 15 is 0 Å². The second-order valence-electron chi connectivity index (χ2n) is 3.68. The number of thioether (sulfide) groups is 1. The monoisotopic (exact) mass is 224 g/mol. The Labute approximate surface area is 94.3 Å². The van der Waals surface area contributed by atoms with Crippen molar-refractivity contribution in [1.29, 1.82) is 0 Å². The highest BCUT2D eigenvalue weighted by Crippen LogP contribution is 2.23. The standard InChI is InChI=1S/C10H16N4S/c1-14(9-3-5-15-7-9)10-12-4-2-8(6-11)13-10/h2,4,9H,3,5-7,11H2,1H3. The van der Waals surface area contributed by atoms with Crippen LogP contribution >= 0.6 is 11.8 Å². The average molecular weight is 224 g/mol. The molecule has 5 heteroatoms. The first kappa shape index (κ1) is 10.7. The minimum Gasteiger partial charge on any atom is -0.340 e. The van der Waals surface area contributed by atoms with Gasteiger partial charge in [-0.15, -0.1) is 0 Å². The van der Waals surface area contributed by atoms with Gasteiger partial charge in [0, 0.05) is 31.6 Å². The largest absolute Gasteiger partial charge is 0.340 e. The van der Waals surface area contributed by atoms with Crippen molar-refractivity contribution in [1.82, 2.24) is 9.97 Å². The zero-order chi connectivity index (χ0) is 10.7. The van der Waals surface area contributed by atoms with Crippen LogP contribution in [0.3, 0.4) is 0 Å². The Morgan fingerprint density at radius 1 is 1.67 bits per heavy atom.